The zero-order chi connectivity index (χ0) is 13.4. The van der Waals surface area contributed by atoms with Gasteiger partial charge in [-0.15, -0.1) is 0 Å². The highest BCUT2D eigenvalue weighted by Crippen LogP contribution is 2.28. The van der Waals surface area contributed by atoms with Crippen molar-refractivity contribution < 1.29 is 9.47 Å². The smallest absolute Gasteiger partial charge is 0.122 e. The average molecular weight is 269 g/mol. The van der Waals surface area contributed by atoms with Gasteiger partial charge in [-0.1, -0.05) is 13.8 Å². The van der Waals surface area contributed by atoms with Gasteiger partial charge in [-0.25, -0.2) is 0 Å². The van der Waals surface area contributed by atoms with Gasteiger partial charge in [0.15, 0.2) is 0 Å². The van der Waals surface area contributed by atoms with E-state index in [4.69, 9.17) is 9.47 Å². The maximum Gasteiger partial charge on any atom is 0.122 e. The minimum absolute atomic E-state index is 0.337. The highest BCUT2D eigenvalue weighted by molar-refractivity contribution is 7.99. The van der Waals surface area contributed by atoms with Crippen LogP contribution in [0.3, 0.4) is 0 Å². The Morgan fingerprint density at radius 2 is 1.72 bits per heavy atom. The van der Waals surface area contributed by atoms with Gasteiger partial charge in [-0.3, -0.25) is 0 Å². The molecule has 0 bridgehead atoms. The van der Waals surface area contributed by atoms with E-state index >= 15 is 0 Å². The van der Waals surface area contributed by atoms with Crippen molar-refractivity contribution in [1.82, 2.24) is 5.32 Å². The summed E-state index contributed by atoms with van der Waals surface area (Å²) in [6.07, 6.45) is 0. The molecule has 0 heterocycles. The molecule has 0 aromatic heterocycles. The maximum atomic E-state index is 5.32. The van der Waals surface area contributed by atoms with E-state index < -0.39 is 0 Å². The summed E-state index contributed by atoms with van der Waals surface area (Å²) in [7, 11) is 3.36. The van der Waals surface area contributed by atoms with E-state index in [1.54, 1.807) is 14.2 Å². The topological polar surface area (TPSA) is 30.5 Å². The molecular formula is C14H23NO2S. The molecule has 1 aromatic rings. The fourth-order valence-electron chi connectivity index (χ4n) is 1.79. The third-order valence-electron chi connectivity index (χ3n) is 2.72. The fraction of sp³-hybridized carbons (Fsp3) is 0.571. The third-order valence-corrected chi connectivity index (χ3v) is 3.69. The van der Waals surface area contributed by atoms with Crippen LogP contribution in [0.5, 0.6) is 11.5 Å². The molecule has 18 heavy (non-hydrogen) atoms. The minimum Gasteiger partial charge on any atom is -0.497 e. The number of ether oxygens (including phenoxy) is 2. The van der Waals surface area contributed by atoms with Crippen molar-refractivity contribution >= 4 is 11.8 Å². The van der Waals surface area contributed by atoms with Crippen LogP contribution in [0.1, 0.15) is 25.5 Å². The van der Waals surface area contributed by atoms with Gasteiger partial charge in [0, 0.05) is 17.9 Å². The highest BCUT2D eigenvalue weighted by Gasteiger charge is 2.12. The highest BCUT2D eigenvalue weighted by atomic mass is 32.2. The first-order valence-corrected chi connectivity index (χ1v) is 7.44. The first-order valence-electron chi connectivity index (χ1n) is 6.29. The van der Waals surface area contributed by atoms with Crippen molar-refractivity contribution in [2.24, 2.45) is 0 Å². The van der Waals surface area contributed by atoms with E-state index in [9.17, 15) is 0 Å². The molecule has 3 nitrogen and oxygen atoms in total. The molecule has 0 radical (unpaired) electrons. The lowest BCUT2D eigenvalue weighted by Crippen LogP contribution is -2.23. The normalized spacial score (nSPS) is 12.2. The molecule has 0 aliphatic carbocycles. The Hall–Kier alpha value is -0.870. The van der Waals surface area contributed by atoms with Crippen molar-refractivity contribution in [1.29, 1.82) is 0 Å². The van der Waals surface area contributed by atoms with Crippen LogP contribution >= 0.6 is 11.8 Å². The number of benzene rings is 1. The standard InChI is InChI=1S/C14H23NO2S/c1-5-15-14(10-18-6-2)11-7-12(16-3)9-13(8-11)17-4/h7-9,14-15H,5-6,10H2,1-4H3. The molecule has 4 heteroatoms. The summed E-state index contributed by atoms with van der Waals surface area (Å²) >= 11 is 1.93. The van der Waals surface area contributed by atoms with E-state index in [-0.39, 0.29) is 0 Å². The maximum absolute atomic E-state index is 5.32. The first kappa shape index (κ1) is 15.2. The lowest BCUT2D eigenvalue weighted by Gasteiger charge is -2.19. The van der Waals surface area contributed by atoms with Crippen LogP contribution in [0.25, 0.3) is 0 Å². The van der Waals surface area contributed by atoms with Gasteiger partial charge in [0.2, 0.25) is 0 Å². The molecule has 1 rings (SSSR count). The van der Waals surface area contributed by atoms with Crippen LogP contribution in [0.4, 0.5) is 0 Å². The lowest BCUT2D eigenvalue weighted by molar-refractivity contribution is 0.392. The summed E-state index contributed by atoms with van der Waals surface area (Å²) in [5.41, 5.74) is 1.22. The number of hydrogen-bond acceptors (Lipinski definition) is 4. The summed E-state index contributed by atoms with van der Waals surface area (Å²) in [4.78, 5) is 0. The number of hydrogen-bond donors (Lipinski definition) is 1. The Labute approximate surface area is 114 Å². The molecule has 0 saturated heterocycles. The van der Waals surface area contributed by atoms with Gasteiger partial charge in [-0.2, -0.15) is 11.8 Å². The molecule has 102 valence electrons. The summed E-state index contributed by atoms with van der Waals surface area (Å²) in [6.45, 7) is 5.26. The van der Waals surface area contributed by atoms with Crippen LogP contribution in [-0.4, -0.2) is 32.3 Å². The van der Waals surface area contributed by atoms with Crippen molar-refractivity contribution in [3.8, 4) is 11.5 Å². The molecule has 0 fully saturated rings. The van der Waals surface area contributed by atoms with E-state index in [0.29, 0.717) is 6.04 Å². The van der Waals surface area contributed by atoms with E-state index in [1.807, 2.05) is 17.8 Å². The summed E-state index contributed by atoms with van der Waals surface area (Å²) in [6, 6.07) is 6.39. The molecular weight excluding hydrogens is 246 g/mol. The van der Waals surface area contributed by atoms with Crippen LogP contribution < -0.4 is 14.8 Å². The molecule has 1 N–H and O–H groups in total. The first-order chi connectivity index (χ1) is 8.74. The van der Waals surface area contributed by atoms with E-state index in [2.05, 4.69) is 31.3 Å². The van der Waals surface area contributed by atoms with Crippen LogP contribution in [0.15, 0.2) is 18.2 Å². The monoisotopic (exact) mass is 269 g/mol. The zero-order valence-corrected chi connectivity index (χ0v) is 12.5. The second kappa shape index (κ2) is 8.27. The molecule has 0 saturated carbocycles. The quantitative estimate of drug-likeness (QED) is 0.785. The third kappa shape index (κ3) is 4.42. The largest absolute Gasteiger partial charge is 0.497 e. The van der Waals surface area contributed by atoms with Gasteiger partial charge < -0.3 is 14.8 Å². The lowest BCUT2D eigenvalue weighted by atomic mass is 10.1. The molecule has 0 aliphatic heterocycles. The molecule has 1 aromatic carbocycles. The van der Waals surface area contributed by atoms with Crippen LogP contribution in [0.2, 0.25) is 0 Å². The average Bonchev–Trinajstić information content (AvgIpc) is 2.42. The van der Waals surface area contributed by atoms with Crippen molar-refractivity contribution in [3.63, 3.8) is 0 Å². The molecule has 0 aliphatic rings. The Kier molecular flexibility index (Phi) is 6.98. The number of thioether (sulfide) groups is 1. The van der Waals surface area contributed by atoms with Crippen LogP contribution in [-0.2, 0) is 0 Å². The Morgan fingerprint density at radius 3 is 2.17 bits per heavy atom. The SMILES string of the molecule is CCNC(CSCC)c1cc(OC)cc(OC)c1. The molecule has 0 amide bonds. The Morgan fingerprint density at radius 1 is 1.11 bits per heavy atom. The molecule has 1 atom stereocenters. The fourth-order valence-corrected chi connectivity index (χ4v) is 2.57. The predicted molar refractivity (Wildman–Crippen MR) is 79.0 cm³/mol. The Balaban J connectivity index is 2.93. The van der Waals surface area contributed by atoms with E-state index in [1.165, 1.54) is 5.56 Å². The van der Waals surface area contributed by atoms with Gasteiger partial charge >= 0.3 is 0 Å². The molecule has 0 spiro atoms. The number of methoxy groups -OCH3 is 2. The minimum atomic E-state index is 0.337. The second-order valence-corrected chi connectivity index (χ2v) is 5.23. The van der Waals surface area contributed by atoms with Crippen LogP contribution in [0, 0.1) is 0 Å². The predicted octanol–water partition coefficient (Wildman–Crippen LogP) is 3.11. The van der Waals surface area contributed by atoms with E-state index in [0.717, 1.165) is 29.5 Å². The summed E-state index contributed by atoms with van der Waals surface area (Å²) in [5.74, 6) is 3.87. The number of nitrogens with one attached hydrogen (secondary N) is 1. The summed E-state index contributed by atoms with van der Waals surface area (Å²) < 4.78 is 10.6. The van der Waals surface area contributed by atoms with Crippen molar-refractivity contribution in [2.45, 2.75) is 19.9 Å². The van der Waals surface area contributed by atoms with Gasteiger partial charge in [0.25, 0.3) is 0 Å². The summed E-state index contributed by atoms with van der Waals surface area (Å²) in [5, 5.41) is 3.50. The van der Waals surface area contributed by atoms with Gasteiger partial charge in [0.1, 0.15) is 11.5 Å². The van der Waals surface area contributed by atoms with Gasteiger partial charge in [-0.05, 0) is 30.0 Å². The zero-order valence-electron chi connectivity index (χ0n) is 11.7. The Bertz CT molecular complexity index is 335. The number of rotatable bonds is 8. The van der Waals surface area contributed by atoms with Gasteiger partial charge in [0.05, 0.1) is 14.2 Å². The van der Waals surface area contributed by atoms with Crippen molar-refractivity contribution in [3.05, 3.63) is 23.8 Å². The second-order valence-electron chi connectivity index (χ2n) is 3.92. The van der Waals surface area contributed by atoms with Crippen molar-refractivity contribution in [2.75, 3.05) is 32.3 Å². The molecule has 1 unspecified atom stereocenters.